The van der Waals surface area contributed by atoms with Gasteiger partial charge in [0.15, 0.2) is 0 Å². The number of nitrogens with one attached hydrogen (secondary N) is 2. The molecule has 4 aromatic carbocycles. The Morgan fingerprint density at radius 3 is 2.05 bits per heavy atom. The van der Waals surface area contributed by atoms with Gasteiger partial charge in [-0.15, -0.1) is 0 Å². The molecule has 1 atom stereocenters. The van der Waals surface area contributed by atoms with Gasteiger partial charge < -0.3 is 10.1 Å². The Morgan fingerprint density at radius 2 is 1.42 bits per heavy atom. The van der Waals surface area contributed by atoms with E-state index in [0.29, 0.717) is 18.0 Å². The number of para-hydroxylation sites is 1. The number of carbonyl (C=O) groups excluding carboxylic acids is 1. The van der Waals surface area contributed by atoms with E-state index in [0.717, 1.165) is 16.7 Å². The maximum absolute atomic E-state index is 13.3. The van der Waals surface area contributed by atoms with Gasteiger partial charge in [-0.1, -0.05) is 91.0 Å². The summed E-state index contributed by atoms with van der Waals surface area (Å²) in [5, 5.41) is 3.01. The van der Waals surface area contributed by atoms with Gasteiger partial charge in [0.05, 0.1) is 0 Å². The summed E-state index contributed by atoms with van der Waals surface area (Å²) in [4.78, 5) is 13.3. The highest BCUT2D eigenvalue weighted by Crippen LogP contribution is 2.26. The molecular weight excluding hydrogens is 498 g/mol. The van der Waals surface area contributed by atoms with Gasteiger partial charge in [-0.25, -0.2) is 0 Å². The van der Waals surface area contributed by atoms with Crippen molar-refractivity contribution in [2.24, 2.45) is 0 Å². The fourth-order valence-corrected chi connectivity index (χ4v) is 5.94. The smallest absolute Gasteiger partial charge is 0.280 e. The van der Waals surface area contributed by atoms with Crippen molar-refractivity contribution in [2.75, 3.05) is 13.1 Å². The molecule has 2 N–H and O–H groups in total. The lowest BCUT2D eigenvalue weighted by atomic mass is 9.91. The van der Waals surface area contributed by atoms with E-state index >= 15 is 0 Å². The van der Waals surface area contributed by atoms with Crippen LogP contribution < -0.4 is 14.8 Å². The monoisotopic (exact) mass is 527 g/mol. The van der Waals surface area contributed by atoms with Gasteiger partial charge >= 0.3 is 0 Å². The summed E-state index contributed by atoms with van der Waals surface area (Å²) in [6.45, 7) is 0.396. The normalized spacial score (nSPS) is 16.8. The third-order valence-corrected chi connectivity index (χ3v) is 8.05. The molecule has 194 valence electrons. The number of benzene rings is 4. The molecule has 1 aliphatic rings. The second-order valence-electron chi connectivity index (χ2n) is 9.10. The van der Waals surface area contributed by atoms with Crippen LogP contribution in [0.5, 0.6) is 11.5 Å². The van der Waals surface area contributed by atoms with Crippen molar-refractivity contribution in [3.8, 4) is 11.5 Å². The van der Waals surface area contributed by atoms with Crippen molar-refractivity contribution in [1.29, 1.82) is 0 Å². The van der Waals surface area contributed by atoms with Crippen LogP contribution in [0.4, 0.5) is 0 Å². The third kappa shape index (κ3) is 6.11. The molecule has 1 saturated heterocycles. The minimum Gasteiger partial charge on any atom is -0.457 e. The van der Waals surface area contributed by atoms with Gasteiger partial charge in [0.1, 0.15) is 17.5 Å². The van der Waals surface area contributed by atoms with Crippen LogP contribution >= 0.6 is 0 Å². The summed E-state index contributed by atoms with van der Waals surface area (Å²) < 4.78 is 35.3. The minimum absolute atomic E-state index is 0.00964. The highest BCUT2D eigenvalue weighted by molar-refractivity contribution is 7.87. The molecule has 0 spiro atoms. The Kier molecular flexibility index (Phi) is 7.83. The predicted molar refractivity (Wildman–Crippen MR) is 147 cm³/mol. The molecule has 7 nitrogen and oxygen atoms in total. The van der Waals surface area contributed by atoms with Crippen LogP contribution in [0.15, 0.2) is 115 Å². The van der Waals surface area contributed by atoms with Crippen LogP contribution in [-0.4, -0.2) is 37.8 Å². The van der Waals surface area contributed by atoms with Gasteiger partial charge in [-0.05, 0) is 41.0 Å². The van der Waals surface area contributed by atoms with Gasteiger partial charge in [0.2, 0.25) is 5.91 Å². The largest absolute Gasteiger partial charge is 0.457 e. The van der Waals surface area contributed by atoms with Gasteiger partial charge in [0.25, 0.3) is 10.2 Å². The molecule has 4 aromatic rings. The molecule has 1 aliphatic heterocycles. The van der Waals surface area contributed by atoms with E-state index in [2.05, 4.69) is 10.0 Å². The maximum atomic E-state index is 13.3. The van der Waals surface area contributed by atoms with Crippen LogP contribution in [0, 0.1) is 0 Å². The van der Waals surface area contributed by atoms with Gasteiger partial charge in [-0.3, -0.25) is 4.79 Å². The molecule has 8 heteroatoms. The number of nitrogens with zero attached hydrogens (tertiary/aromatic N) is 1. The molecule has 0 aliphatic carbocycles. The summed E-state index contributed by atoms with van der Waals surface area (Å²) in [5.41, 5.74) is 2.86. The highest BCUT2D eigenvalue weighted by atomic mass is 32.2. The summed E-state index contributed by atoms with van der Waals surface area (Å²) in [6, 6.07) is 35.6. The SMILES string of the molecule is O=C(NCC(c1ccccc1)c1ccccc1)C1CNS(=O)(=O)N1Cc1cccc(Oc2ccccc2)c1. The van der Waals surface area contributed by atoms with Crippen LogP contribution in [0.3, 0.4) is 0 Å². The fourth-order valence-electron chi connectivity index (χ4n) is 4.59. The number of ether oxygens (including phenoxy) is 1. The van der Waals surface area contributed by atoms with E-state index < -0.39 is 16.3 Å². The molecule has 0 radical (unpaired) electrons. The first kappa shape index (κ1) is 25.7. The lowest BCUT2D eigenvalue weighted by Crippen LogP contribution is -2.46. The van der Waals surface area contributed by atoms with Crippen molar-refractivity contribution in [1.82, 2.24) is 14.3 Å². The summed E-state index contributed by atoms with van der Waals surface area (Å²) >= 11 is 0. The second-order valence-corrected chi connectivity index (χ2v) is 10.8. The fraction of sp³-hybridized carbons (Fsp3) is 0.167. The quantitative estimate of drug-likeness (QED) is 0.337. The number of hydrogen-bond donors (Lipinski definition) is 2. The molecule has 38 heavy (non-hydrogen) atoms. The Labute approximate surface area is 223 Å². The second kappa shape index (κ2) is 11.6. The molecular formula is C30H29N3O4S. The lowest BCUT2D eigenvalue weighted by molar-refractivity contribution is -0.124. The van der Waals surface area contributed by atoms with Crippen LogP contribution in [0.2, 0.25) is 0 Å². The van der Waals surface area contributed by atoms with E-state index in [1.807, 2.05) is 109 Å². The van der Waals surface area contributed by atoms with Crippen LogP contribution in [0.1, 0.15) is 22.6 Å². The topological polar surface area (TPSA) is 87.7 Å². The predicted octanol–water partition coefficient (Wildman–Crippen LogP) is 4.45. The van der Waals surface area contributed by atoms with Gasteiger partial charge in [0, 0.05) is 25.6 Å². The Balaban J connectivity index is 1.30. The molecule has 1 amide bonds. The van der Waals surface area contributed by atoms with Gasteiger partial charge in [-0.2, -0.15) is 17.4 Å². The number of hydrogen-bond acceptors (Lipinski definition) is 4. The molecule has 5 rings (SSSR count). The molecule has 0 saturated carbocycles. The zero-order valence-corrected chi connectivity index (χ0v) is 21.6. The highest BCUT2D eigenvalue weighted by Gasteiger charge is 2.41. The van der Waals surface area contributed by atoms with Crippen LogP contribution in [0.25, 0.3) is 0 Å². The average Bonchev–Trinajstić information content (AvgIpc) is 3.24. The van der Waals surface area contributed by atoms with Crippen LogP contribution in [-0.2, 0) is 21.5 Å². The van der Waals surface area contributed by atoms with E-state index in [4.69, 9.17) is 4.74 Å². The molecule has 1 fully saturated rings. The number of carbonyl (C=O) groups is 1. The Morgan fingerprint density at radius 1 is 0.842 bits per heavy atom. The first-order valence-corrected chi connectivity index (χ1v) is 13.9. The first-order chi connectivity index (χ1) is 18.5. The van der Waals surface area contributed by atoms with E-state index in [1.165, 1.54) is 4.31 Å². The molecule has 0 aromatic heterocycles. The standard InChI is InChI=1S/C30H29N3O4S/c34-30(31-20-28(24-12-4-1-5-13-24)25-14-6-2-7-15-25)29-21-32-38(35,36)33(29)22-23-11-10-18-27(19-23)37-26-16-8-3-9-17-26/h1-19,28-29,32H,20-22H2,(H,31,34). The van der Waals surface area contributed by atoms with Crippen molar-refractivity contribution in [3.05, 3.63) is 132 Å². The van der Waals surface area contributed by atoms with E-state index in [1.54, 1.807) is 6.07 Å². The molecule has 0 bridgehead atoms. The average molecular weight is 528 g/mol. The van der Waals surface area contributed by atoms with E-state index in [-0.39, 0.29) is 24.9 Å². The zero-order chi connectivity index (χ0) is 26.4. The third-order valence-electron chi connectivity index (χ3n) is 6.52. The Bertz CT molecular complexity index is 1430. The molecule has 1 unspecified atom stereocenters. The summed E-state index contributed by atoms with van der Waals surface area (Å²) in [5.74, 6) is 0.872. The number of rotatable bonds is 9. The maximum Gasteiger partial charge on any atom is 0.280 e. The molecule has 1 heterocycles. The first-order valence-electron chi connectivity index (χ1n) is 12.5. The Hall–Kier alpha value is -3.98. The van der Waals surface area contributed by atoms with Crippen molar-refractivity contribution in [3.63, 3.8) is 0 Å². The zero-order valence-electron chi connectivity index (χ0n) is 20.7. The van der Waals surface area contributed by atoms with Crippen molar-refractivity contribution >= 4 is 16.1 Å². The van der Waals surface area contributed by atoms with E-state index in [9.17, 15) is 13.2 Å². The minimum atomic E-state index is -3.81. The lowest BCUT2D eigenvalue weighted by Gasteiger charge is -2.23. The number of amides is 1. The summed E-state index contributed by atoms with van der Waals surface area (Å²) in [7, 11) is -3.81. The summed E-state index contributed by atoms with van der Waals surface area (Å²) in [6.07, 6.45) is 0. The van der Waals surface area contributed by atoms with Crippen molar-refractivity contribution in [2.45, 2.75) is 18.5 Å². The van der Waals surface area contributed by atoms with Crippen molar-refractivity contribution < 1.29 is 17.9 Å².